The minimum atomic E-state index is -0.505. The molecule has 0 saturated heterocycles. The van der Waals surface area contributed by atoms with E-state index in [0.717, 1.165) is 11.1 Å². The molecule has 1 aromatic carbocycles. The number of aromatic nitrogens is 1. The number of pyridine rings is 1. The van der Waals surface area contributed by atoms with E-state index in [-0.39, 0.29) is 11.5 Å². The number of carbonyl (C=O) groups is 1. The van der Waals surface area contributed by atoms with E-state index in [9.17, 15) is 9.18 Å². The summed E-state index contributed by atoms with van der Waals surface area (Å²) in [5.74, 6) is -0.799. The molecule has 1 N–H and O–H groups in total. The van der Waals surface area contributed by atoms with E-state index in [2.05, 4.69) is 15.0 Å². The summed E-state index contributed by atoms with van der Waals surface area (Å²) in [4.78, 5) is 15.6. The molecule has 2 aromatic rings. The monoisotopic (exact) mass is 260 g/mol. The third-order valence-corrected chi connectivity index (χ3v) is 2.71. The first kappa shape index (κ1) is 13.0. The maximum atomic E-state index is 12.9. The Hall–Kier alpha value is -2.43. The Balaban J connectivity index is 2.44. The summed E-state index contributed by atoms with van der Waals surface area (Å²) in [6, 6.07) is 7.84. The van der Waals surface area contributed by atoms with Crippen molar-refractivity contribution in [3.05, 3.63) is 48.0 Å². The number of benzene rings is 1. The molecular weight excluding hydrogens is 247 g/mol. The first-order valence-corrected chi connectivity index (χ1v) is 5.67. The first-order chi connectivity index (χ1) is 9.15. The van der Waals surface area contributed by atoms with Crippen LogP contribution in [0.25, 0.3) is 11.1 Å². The largest absolute Gasteiger partial charge is 0.464 e. The zero-order valence-corrected chi connectivity index (χ0v) is 10.6. The molecule has 2 rings (SSSR count). The zero-order valence-electron chi connectivity index (χ0n) is 10.6. The van der Waals surface area contributed by atoms with Crippen molar-refractivity contribution in [1.29, 1.82) is 0 Å². The van der Waals surface area contributed by atoms with Gasteiger partial charge in [0.25, 0.3) is 0 Å². The molecule has 0 unspecified atom stereocenters. The molecule has 0 atom stereocenters. The van der Waals surface area contributed by atoms with Crippen LogP contribution in [0.1, 0.15) is 10.5 Å². The third-order valence-electron chi connectivity index (χ3n) is 2.71. The number of nitrogens with one attached hydrogen (secondary N) is 1. The highest BCUT2D eigenvalue weighted by atomic mass is 19.1. The predicted molar refractivity (Wildman–Crippen MR) is 70.5 cm³/mol. The number of rotatable bonds is 3. The molecule has 1 aromatic heterocycles. The van der Waals surface area contributed by atoms with Crippen molar-refractivity contribution in [2.75, 3.05) is 19.5 Å². The molecule has 1 heterocycles. The zero-order chi connectivity index (χ0) is 13.8. The molecular formula is C14H13FN2O2. The molecule has 19 heavy (non-hydrogen) atoms. The lowest BCUT2D eigenvalue weighted by atomic mass is 10.1. The average Bonchev–Trinajstić information content (AvgIpc) is 2.46. The topological polar surface area (TPSA) is 51.2 Å². The van der Waals surface area contributed by atoms with Crippen LogP contribution in [0.15, 0.2) is 36.5 Å². The second-order valence-corrected chi connectivity index (χ2v) is 3.87. The van der Waals surface area contributed by atoms with Crippen molar-refractivity contribution in [1.82, 2.24) is 4.98 Å². The molecule has 0 aliphatic heterocycles. The van der Waals surface area contributed by atoms with Crippen LogP contribution in [0.4, 0.5) is 10.1 Å². The molecule has 0 spiro atoms. The fourth-order valence-corrected chi connectivity index (χ4v) is 1.71. The van der Waals surface area contributed by atoms with E-state index in [4.69, 9.17) is 0 Å². The van der Waals surface area contributed by atoms with Crippen molar-refractivity contribution < 1.29 is 13.9 Å². The van der Waals surface area contributed by atoms with Gasteiger partial charge in [0.05, 0.1) is 12.8 Å². The van der Waals surface area contributed by atoms with Gasteiger partial charge in [-0.3, -0.25) is 0 Å². The number of methoxy groups -OCH3 is 1. The van der Waals surface area contributed by atoms with Gasteiger partial charge < -0.3 is 10.1 Å². The summed E-state index contributed by atoms with van der Waals surface area (Å²) in [6.07, 6.45) is 1.56. The van der Waals surface area contributed by atoms with Gasteiger partial charge in [-0.1, -0.05) is 12.1 Å². The van der Waals surface area contributed by atoms with Crippen LogP contribution in [-0.4, -0.2) is 25.1 Å². The molecule has 5 heteroatoms. The molecule has 0 fully saturated rings. The van der Waals surface area contributed by atoms with Gasteiger partial charge in [-0.2, -0.15) is 0 Å². The number of hydrogen-bond donors (Lipinski definition) is 1. The third kappa shape index (κ3) is 2.70. The lowest BCUT2D eigenvalue weighted by Gasteiger charge is -2.09. The van der Waals surface area contributed by atoms with E-state index in [1.165, 1.54) is 19.2 Å². The van der Waals surface area contributed by atoms with Gasteiger partial charge in [-0.25, -0.2) is 14.2 Å². The van der Waals surface area contributed by atoms with Crippen LogP contribution >= 0.6 is 0 Å². The SMILES string of the molecule is CNc1cc(-c2ccc(F)cc2)cnc1C(=O)OC. The van der Waals surface area contributed by atoms with Gasteiger partial charge >= 0.3 is 5.97 Å². The van der Waals surface area contributed by atoms with Crippen molar-refractivity contribution in [2.45, 2.75) is 0 Å². The standard InChI is InChI=1S/C14H13FN2O2/c1-16-12-7-10(8-17-13(12)14(18)19-2)9-3-5-11(15)6-4-9/h3-8,16H,1-2H3. The number of nitrogens with zero attached hydrogens (tertiary/aromatic N) is 1. The smallest absolute Gasteiger partial charge is 0.358 e. The fraction of sp³-hybridized carbons (Fsp3) is 0.143. The summed E-state index contributed by atoms with van der Waals surface area (Å²) in [7, 11) is 3.00. The lowest BCUT2D eigenvalue weighted by molar-refractivity contribution is 0.0595. The van der Waals surface area contributed by atoms with Crippen LogP contribution in [-0.2, 0) is 4.74 Å². The van der Waals surface area contributed by atoms with Gasteiger partial charge in [0, 0.05) is 18.8 Å². The Morgan fingerprint density at radius 2 is 1.95 bits per heavy atom. The van der Waals surface area contributed by atoms with Crippen molar-refractivity contribution >= 4 is 11.7 Å². The Morgan fingerprint density at radius 3 is 2.53 bits per heavy atom. The van der Waals surface area contributed by atoms with Gasteiger partial charge in [0.2, 0.25) is 0 Å². The Morgan fingerprint density at radius 1 is 1.26 bits per heavy atom. The lowest BCUT2D eigenvalue weighted by Crippen LogP contribution is -2.08. The van der Waals surface area contributed by atoms with Crippen LogP contribution in [0.3, 0.4) is 0 Å². The van der Waals surface area contributed by atoms with Crippen LogP contribution in [0.2, 0.25) is 0 Å². The summed E-state index contributed by atoms with van der Waals surface area (Å²) in [6.45, 7) is 0. The van der Waals surface area contributed by atoms with E-state index in [1.54, 1.807) is 31.4 Å². The number of ether oxygens (including phenoxy) is 1. The molecule has 0 bridgehead atoms. The molecule has 98 valence electrons. The highest BCUT2D eigenvalue weighted by Crippen LogP contribution is 2.24. The summed E-state index contributed by atoms with van der Waals surface area (Å²) in [5, 5.41) is 2.89. The normalized spacial score (nSPS) is 10.1. The van der Waals surface area contributed by atoms with Gasteiger partial charge in [-0.15, -0.1) is 0 Å². The highest BCUT2D eigenvalue weighted by molar-refractivity contribution is 5.94. The number of carbonyl (C=O) groups excluding carboxylic acids is 1. The molecule has 4 nitrogen and oxygen atoms in total. The summed E-state index contributed by atoms with van der Waals surface area (Å²) in [5.41, 5.74) is 2.39. The van der Waals surface area contributed by atoms with Crippen molar-refractivity contribution in [3.63, 3.8) is 0 Å². The maximum absolute atomic E-state index is 12.9. The predicted octanol–water partition coefficient (Wildman–Crippen LogP) is 2.72. The minimum absolute atomic E-state index is 0.218. The van der Waals surface area contributed by atoms with Gasteiger partial charge in [-0.05, 0) is 23.8 Å². The Bertz CT molecular complexity index is 597. The van der Waals surface area contributed by atoms with Crippen molar-refractivity contribution in [2.24, 2.45) is 0 Å². The van der Waals surface area contributed by atoms with E-state index < -0.39 is 5.97 Å². The van der Waals surface area contributed by atoms with Crippen LogP contribution in [0.5, 0.6) is 0 Å². The quantitative estimate of drug-likeness (QED) is 0.862. The molecule has 0 aliphatic rings. The Labute approximate surface area is 110 Å². The molecule has 0 amide bonds. The van der Waals surface area contributed by atoms with Crippen molar-refractivity contribution in [3.8, 4) is 11.1 Å². The minimum Gasteiger partial charge on any atom is -0.464 e. The first-order valence-electron chi connectivity index (χ1n) is 5.67. The number of hydrogen-bond acceptors (Lipinski definition) is 4. The van der Waals surface area contributed by atoms with E-state index >= 15 is 0 Å². The van der Waals surface area contributed by atoms with Gasteiger partial charge in [0.15, 0.2) is 5.69 Å². The Kier molecular flexibility index (Phi) is 3.75. The average molecular weight is 260 g/mol. The molecule has 0 radical (unpaired) electrons. The van der Waals surface area contributed by atoms with E-state index in [0.29, 0.717) is 5.69 Å². The summed E-state index contributed by atoms with van der Waals surface area (Å²) < 4.78 is 17.5. The summed E-state index contributed by atoms with van der Waals surface area (Å²) >= 11 is 0. The maximum Gasteiger partial charge on any atom is 0.358 e. The fourth-order valence-electron chi connectivity index (χ4n) is 1.71. The van der Waals surface area contributed by atoms with Crippen LogP contribution < -0.4 is 5.32 Å². The second kappa shape index (κ2) is 5.48. The number of halogens is 1. The van der Waals surface area contributed by atoms with Crippen LogP contribution in [0, 0.1) is 5.82 Å². The number of anilines is 1. The molecule has 0 aliphatic carbocycles. The van der Waals surface area contributed by atoms with Gasteiger partial charge in [0.1, 0.15) is 5.82 Å². The van der Waals surface area contributed by atoms with E-state index in [1.807, 2.05) is 0 Å². The number of esters is 1. The highest BCUT2D eigenvalue weighted by Gasteiger charge is 2.13. The second-order valence-electron chi connectivity index (χ2n) is 3.87. The molecule has 0 saturated carbocycles.